The number of ether oxygens (including phenoxy) is 1. The molecule has 26 heavy (non-hydrogen) atoms. The molecule has 1 aliphatic rings. The summed E-state index contributed by atoms with van der Waals surface area (Å²) in [5.74, 6) is 1.38. The van der Waals surface area contributed by atoms with E-state index in [4.69, 9.17) is 9.15 Å². The van der Waals surface area contributed by atoms with Crippen molar-refractivity contribution in [2.24, 2.45) is 5.92 Å². The van der Waals surface area contributed by atoms with Gasteiger partial charge in [0.2, 0.25) is 12.3 Å². The van der Waals surface area contributed by atoms with E-state index in [9.17, 15) is 4.79 Å². The van der Waals surface area contributed by atoms with Crippen LogP contribution in [0.25, 0.3) is 11.5 Å². The molecule has 6 heteroatoms. The normalized spacial score (nSPS) is 14.6. The predicted molar refractivity (Wildman–Crippen MR) is 95.3 cm³/mol. The van der Waals surface area contributed by atoms with Crippen LogP contribution >= 0.6 is 0 Å². The number of carbonyl (C=O) groups is 1. The Morgan fingerprint density at radius 1 is 1.19 bits per heavy atom. The molecule has 0 aliphatic heterocycles. The second-order valence-corrected chi connectivity index (χ2v) is 6.35. The molecular formula is C20H19N3O3. The zero-order chi connectivity index (χ0) is 17.8. The van der Waals surface area contributed by atoms with Crippen LogP contribution in [0.4, 0.5) is 0 Å². The third kappa shape index (κ3) is 3.91. The highest BCUT2D eigenvalue weighted by molar-refractivity contribution is 5.78. The zero-order valence-electron chi connectivity index (χ0n) is 14.2. The highest BCUT2D eigenvalue weighted by atomic mass is 16.5. The summed E-state index contributed by atoms with van der Waals surface area (Å²) in [6.45, 7) is -0.0384. The summed E-state index contributed by atoms with van der Waals surface area (Å²) in [5.41, 5.74) is 1.89. The highest BCUT2D eigenvalue weighted by Crippen LogP contribution is 2.40. The molecule has 0 unspecified atom stereocenters. The molecule has 1 heterocycles. The lowest BCUT2D eigenvalue weighted by Gasteiger charge is -2.19. The molecule has 6 nitrogen and oxygen atoms in total. The smallest absolute Gasteiger partial charge is 0.258 e. The van der Waals surface area contributed by atoms with Crippen molar-refractivity contribution < 1.29 is 13.9 Å². The van der Waals surface area contributed by atoms with Crippen molar-refractivity contribution in [2.75, 3.05) is 6.61 Å². The van der Waals surface area contributed by atoms with Gasteiger partial charge in [-0.05, 0) is 42.5 Å². The number of benzene rings is 2. The first kappa shape index (κ1) is 16.3. The second kappa shape index (κ2) is 7.39. The summed E-state index contributed by atoms with van der Waals surface area (Å²) < 4.78 is 10.8. The number of hydrogen-bond donors (Lipinski definition) is 1. The van der Waals surface area contributed by atoms with Crippen LogP contribution in [0.2, 0.25) is 0 Å². The maximum atomic E-state index is 12.4. The van der Waals surface area contributed by atoms with E-state index in [1.54, 1.807) is 12.1 Å². The lowest BCUT2D eigenvalue weighted by atomic mass is 10.0. The molecule has 1 amide bonds. The third-order valence-electron chi connectivity index (χ3n) is 4.38. The van der Waals surface area contributed by atoms with Gasteiger partial charge in [-0.25, -0.2) is 0 Å². The number of aromatic nitrogens is 2. The molecule has 1 aliphatic carbocycles. The van der Waals surface area contributed by atoms with E-state index >= 15 is 0 Å². The Kier molecular flexibility index (Phi) is 4.64. The molecular weight excluding hydrogens is 330 g/mol. The predicted octanol–water partition coefficient (Wildman–Crippen LogP) is 3.38. The molecule has 0 radical (unpaired) electrons. The summed E-state index contributed by atoms with van der Waals surface area (Å²) in [7, 11) is 0. The van der Waals surface area contributed by atoms with Crippen LogP contribution in [0.1, 0.15) is 24.4 Å². The Morgan fingerprint density at radius 3 is 2.77 bits per heavy atom. The minimum absolute atomic E-state index is 0.0384. The molecule has 3 aromatic rings. The molecule has 2 aromatic carbocycles. The van der Waals surface area contributed by atoms with Gasteiger partial charge in [0, 0.05) is 5.56 Å². The molecule has 1 atom stereocenters. The minimum Gasteiger partial charge on any atom is -0.484 e. The van der Waals surface area contributed by atoms with Crippen LogP contribution in [0.3, 0.4) is 0 Å². The van der Waals surface area contributed by atoms with E-state index in [1.165, 1.54) is 6.39 Å². The lowest BCUT2D eigenvalue weighted by molar-refractivity contribution is -0.124. The number of nitrogens with zero attached hydrogens (tertiary/aromatic N) is 2. The van der Waals surface area contributed by atoms with Gasteiger partial charge in [-0.2, -0.15) is 0 Å². The van der Waals surface area contributed by atoms with Crippen LogP contribution in [0.5, 0.6) is 5.75 Å². The van der Waals surface area contributed by atoms with E-state index in [0.29, 0.717) is 17.6 Å². The van der Waals surface area contributed by atoms with E-state index in [-0.39, 0.29) is 18.6 Å². The van der Waals surface area contributed by atoms with Gasteiger partial charge in [-0.1, -0.05) is 36.4 Å². The monoisotopic (exact) mass is 349 g/mol. The first-order chi connectivity index (χ1) is 12.8. The Hall–Kier alpha value is -3.15. The molecule has 1 aromatic heterocycles. The van der Waals surface area contributed by atoms with Crippen LogP contribution in [0, 0.1) is 5.92 Å². The van der Waals surface area contributed by atoms with Crippen LogP contribution in [-0.4, -0.2) is 22.7 Å². The average molecular weight is 349 g/mol. The summed E-state index contributed by atoms with van der Waals surface area (Å²) in [6.07, 6.45) is 3.57. The zero-order valence-corrected chi connectivity index (χ0v) is 14.2. The average Bonchev–Trinajstić information content (AvgIpc) is 3.38. The Morgan fingerprint density at radius 2 is 2.04 bits per heavy atom. The first-order valence-corrected chi connectivity index (χ1v) is 8.63. The fourth-order valence-electron chi connectivity index (χ4n) is 2.95. The minimum atomic E-state index is -0.131. The van der Waals surface area contributed by atoms with Crippen molar-refractivity contribution in [1.82, 2.24) is 15.5 Å². The molecule has 1 saturated carbocycles. The molecule has 1 fully saturated rings. The molecule has 0 bridgehead atoms. The Labute approximate surface area is 151 Å². The second-order valence-electron chi connectivity index (χ2n) is 6.35. The number of hydrogen-bond acceptors (Lipinski definition) is 5. The van der Waals surface area contributed by atoms with Gasteiger partial charge < -0.3 is 14.5 Å². The van der Waals surface area contributed by atoms with Crippen molar-refractivity contribution in [2.45, 2.75) is 18.9 Å². The van der Waals surface area contributed by atoms with Gasteiger partial charge in [0.1, 0.15) is 5.75 Å². The fraction of sp³-hybridized carbons (Fsp3) is 0.250. The molecule has 4 rings (SSSR count). The van der Waals surface area contributed by atoms with Crippen molar-refractivity contribution in [3.05, 3.63) is 66.6 Å². The van der Waals surface area contributed by atoms with Gasteiger partial charge in [0.05, 0.1) is 6.04 Å². The van der Waals surface area contributed by atoms with Gasteiger partial charge in [0.15, 0.2) is 6.61 Å². The topological polar surface area (TPSA) is 77.2 Å². The van der Waals surface area contributed by atoms with Crippen LogP contribution < -0.4 is 10.1 Å². The quantitative estimate of drug-likeness (QED) is 0.707. The maximum absolute atomic E-state index is 12.4. The van der Waals surface area contributed by atoms with E-state index in [0.717, 1.165) is 24.0 Å². The lowest BCUT2D eigenvalue weighted by Crippen LogP contribution is -2.33. The van der Waals surface area contributed by atoms with Crippen LogP contribution in [-0.2, 0) is 4.79 Å². The standard InChI is InChI=1S/C20H19N3O3/c24-18(22-19(15-9-10-15)14-5-2-1-3-6-14)12-25-17-8-4-7-16(11-17)20-23-21-13-26-20/h1-8,11,13,15,19H,9-10,12H2,(H,22,24)/t19-/m1/s1. The maximum Gasteiger partial charge on any atom is 0.258 e. The molecule has 1 N–H and O–H groups in total. The van der Waals surface area contributed by atoms with Gasteiger partial charge >= 0.3 is 0 Å². The van der Waals surface area contributed by atoms with E-state index < -0.39 is 0 Å². The Balaban J connectivity index is 1.37. The van der Waals surface area contributed by atoms with Crippen LogP contribution in [0.15, 0.2) is 65.4 Å². The number of rotatable bonds is 7. The highest BCUT2D eigenvalue weighted by Gasteiger charge is 2.33. The van der Waals surface area contributed by atoms with Crippen molar-refractivity contribution in [3.63, 3.8) is 0 Å². The number of nitrogens with one attached hydrogen (secondary N) is 1. The summed E-state index contributed by atoms with van der Waals surface area (Å²) >= 11 is 0. The Bertz CT molecular complexity index is 861. The number of amides is 1. The van der Waals surface area contributed by atoms with Gasteiger partial charge in [-0.3, -0.25) is 4.79 Å². The summed E-state index contributed by atoms with van der Waals surface area (Å²) in [5, 5.41) is 10.6. The summed E-state index contributed by atoms with van der Waals surface area (Å²) in [4.78, 5) is 12.4. The van der Waals surface area contributed by atoms with Crippen molar-refractivity contribution in [3.8, 4) is 17.2 Å². The van der Waals surface area contributed by atoms with Crippen molar-refractivity contribution in [1.29, 1.82) is 0 Å². The van der Waals surface area contributed by atoms with Gasteiger partial charge in [0.25, 0.3) is 5.91 Å². The molecule has 0 spiro atoms. The summed E-state index contributed by atoms with van der Waals surface area (Å²) in [6, 6.07) is 17.4. The van der Waals surface area contributed by atoms with Crippen molar-refractivity contribution >= 4 is 5.91 Å². The first-order valence-electron chi connectivity index (χ1n) is 8.63. The van der Waals surface area contributed by atoms with Gasteiger partial charge in [-0.15, -0.1) is 10.2 Å². The molecule has 0 saturated heterocycles. The molecule has 132 valence electrons. The largest absolute Gasteiger partial charge is 0.484 e. The SMILES string of the molecule is O=C(COc1cccc(-c2nnco2)c1)N[C@H](c1ccccc1)C1CC1. The third-order valence-corrected chi connectivity index (χ3v) is 4.38. The van der Waals surface area contributed by atoms with E-state index in [1.807, 2.05) is 30.3 Å². The van der Waals surface area contributed by atoms with E-state index in [2.05, 4.69) is 27.6 Å². The fourth-order valence-corrected chi connectivity index (χ4v) is 2.95. The number of carbonyl (C=O) groups excluding carboxylic acids is 1.